The Labute approximate surface area is 237 Å². The molecule has 0 spiro atoms. The highest BCUT2D eigenvalue weighted by atomic mass is 16.5. The fraction of sp³-hybridized carbons (Fsp3) is 0.375. The summed E-state index contributed by atoms with van der Waals surface area (Å²) in [5.74, 6) is 1.69. The minimum atomic E-state index is -0.299. The molecule has 3 amide bonds. The van der Waals surface area contributed by atoms with Crippen molar-refractivity contribution < 1.29 is 19.1 Å². The molecule has 1 saturated heterocycles. The van der Waals surface area contributed by atoms with Crippen LogP contribution in [-0.2, 0) is 0 Å². The van der Waals surface area contributed by atoms with Gasteiger partial charge in [0.1, 0.15) is 17.6 Å². The second kappa shape index (κ2) is 14.4. The molecular weight excluding hydrogens is 504 g/mol. The number of nitrogens with one attached hydrogen (secondary N) is 3. The van der Waals surface area contributed by atoms with Crippen molar-refractivity contribution in [1.29, 1.82) is 0 Å². The number of hydrogen-bond donors (Lipinski definition) is 3. The van der Waals surface area contributed by atoms with E-state index in [-0.39, 0.29) is 24.1 Å². The van der Waals surface area contributed by atoms with Gasteiger partial charge in [-0.3, -0.25) is 4.79 Å². The lowest BCUT2D eigenvalue weighted by Crippen LogP contribution is -2.38. The molecule has 0 aliphatic carbocycles. The monoisotopic (exact) mass is 544 g/mol. The lowest BCUT2D eigenvalue weighted by atomic mass is 10.1. The van der Waals surface area contributed by atoms with Gasteiger partial charge < -0.3 is 30.3 Å². The van der Waals surface area contributed by atoms with Gasteiger partial charge in [0.25, 0.3) is 5.91 Å². The Hall–Kier alpha value is -4.04. The van der Waals surface area contributed by atoms with Crippen LogP contribution >= 0.6 is 0 Å². The zero-order chi connectivity index (χ0) is 28.3. The molecule has 0 bridgehead atoms. The Morgan fingerprint density at radius 3 is 2.25 bits per heavy atom. The fourth-order valence-electron chi connectivity index (χ4n) is 4.53. The first kappa shape index (κ1) is 29.0. The molecule has 0 unspecified atom stereocenters. The zero-order valence-electron chi connectivity index (χ0n) is 23.6. The molecule has 40 heavy (non-hydrogen) atoms. The average molecular weight is 545 g/mol. The third kappa shape index (κ3) is 8.74. The molecule has 3 aromatic carbocycles. The number of anilines is 2. The van der Waals surface area contributed by atoms with Gasteiger partial charge in [-0.05, 0) is 100 Å². The zero-order valence-corrected chi connectivity index (χ0v) is 23.6. The standard InChI is InChI=1S/C32H40N4O4/c1-4-5-20-36-21-18-28(19-22-36)39-26-14-10-24(11-15-26)31(37)34-25-12-16-27(17-13-25)40-30-9-7-6-8-29(30)35-32(38)33-23(2)3/h6-17,23,28H,4-5,18-22H2,1-3H3,(H,34,37)(H2,33,35,38). The molecule has 1 fully saturated rings. The molecule has 3 aromatic rings. The van der Waals surface area contributed by atoms with Crippen molar-refractivity contribution in [3.8, 4) is 17.2 Å². The first-order chi connectivity index (χ1) is 19.4. The van der Waals surface area contributed by atoms with Crippen molar-refractivity contribution in [1.82, 2.24) is 10.2 Å². The van der Waals surface area contributed by atoms with Crippen LogP contribution in [-0.4, -0.2) is 48.6 Å². The average Bonchev–Trinajstić information content (AvgIpc) is 2.95. The summed E-state index contributed by atoms with van der Waals surface area (Å²) in [6, 6.07) is 21.3. The molecule has 4 rings (SSSR count). The van der Waals surface area contributed by atoms with E-state index in [1.54, 1.807) is 48.5 Å². The van der Waals surface area contributed by atoms with Gasteiger partial charge in [-0.15, -0.1) is 0 Å². The van der Waals surface area contributed by atoms with E-state index in [0.717, 1.165) is 31.7 Å². The van der Waals surface area contributed by atoms with E-state index in [1.165, 1.54) is 19.4 Å². The third-order valence-electron chi connectivity index (χ3n) is 6.68. The van der Waals surface area contributed by atoms with E-state index in [9.17, 15) is 9.59 Å². The molecular formula is C32H40N4O4. The smallest absolute Gasteiger partial charge is 0.319 e. The molecule has 3 N–H and O–H groups in total. The Bertz CT molecular complexity index is 1240. The topological polar surface area (TPSA) is 91.9 Å². The normalized spacial score (nSPS) is 14.0. The molecule has 0 saturated carbocycles. The van der Waals surface area contributed by atoms with E-state index >= 15 is 0 Å². The van der Waals surface area contributed by atoms with Crippen molar-refractivity contribution >= 4 is 23.3 Å². The number of carbonyl (C=O) groups excluding carboxylic acids is 2. The van der Waals surface area contributed by atoms with E-state index in [4.69, 9.17) is 9.47 Å². The SMILES string of the molecule is CCCCN1CCC(Oc2ccc(C(=O)Nc3ccc(Oc4ccccc4NC(=O)NC(C)C)cc3)cc2)CC1. The molecule has 1 heterocycles. The van der Waals surface area contributed by atoms with Crippen LogP contribution in [0.25, 0.3) is 0 Å². The Morgan fingerprint density at radius 1 is 0.900 bits per heavy atom. The third-order valence-corrected chi connectivity index (χ3v) is 6.68. The molecule has 212 valence electrons. The minimum absolute atomic E-state index is 0.0190. The number of amides is 3. The predicted molar refractivity (Wildman–Crippen MR) is 160 cm³/mol. The van der Waals surface area contributed by atoms with Gasteiger partial charge in [-0.1, -0.05) is 25.5 Å². The van der Waals surface area contributed by atoms with Crippen molar-refractivity contribution in [2.24, 2.45) is 0 Å². The maximum Gasteiger partial charge on any atom is 0.319 e. The number of unbranched alkanes of at least 4 members (excludes halogenated alkanes) is 1. The first-order valence-corrected chi connectivity index (χ1v) is 14.1. The number of hydrogen-bond acceptors (Lipinski definition) is 5. The summed E-state index contributed by atoms with van der Waals surface area (Å²) in [4.78, 5) is 27.4. The van der Waals surface area contributed by atoms with Crippen molar-refractivity contribution in [3.63, 3.8) is 0 Å². The van der Waals surface area contributed by atoms with Crippen LogP contribution < -0.4 is 25.4 Å². The van der Waals surface area contributed by atoms with Gasteiger partial charge in [0.05, 0.1) is 5.69 Å². The number of piperidine rings is 1. The fourth-order valence-corrected chi connectivity index (χ4v) is 4.53. The number of rotatable bonds is 11. The summed E-state index contributed by atoms with van der Waals surface area (Å²) in [5.41, 5.74) is 1.76. The van der Waals surface area contributed by atoms with Gasteiger partial charge in [0.2, 0.25) is 0 Å². The highest BCUT2D eigenvalue weighted by molar-refractivity contribution is 6.04. The van der Waals surface area contributed by atoms with Gasteiger partial charge in [-0.2, -0.15) is 0 Å². The number of likely N-dealkylation sites (tertiary alicyclic amines) is 1. The van der Waals surface area contributed by atoms with Gasteiger partial charge in [-0.25, -0.2) is 4.79 Å². The van der Waals surface area contributed by atoms with E-state index in [2.05, 4.69) is 27.8 Å². The Kier molecular flexibility index (Phi) is 10.4. The lowest BCUT2D eigenvalue weighted by molar-refractivity contribution is 0.0996. The summed E-state index contributed by atoms with van der Waals surface area (Å²) < 4.78 is 12.2. The number of para-hydroxylation sites is 2. The number of carbonyl (C=O) groups is 2. The quantitative estimate of drug-likeness (QED) is 0.244. The summed E-state index contributed by atoms with van der Waals surface area (Å²) in [6.07, 6.45) is 4.75. The summed E-state index contributed by atoms with van der Waals surface area (Å²) >= 11 is 0. The van der Waals surface area contributed by atoms with Crippen LogP contribution in [0.4, 0.5) is 16.2 Å². The van der Waals surface area contributed by atoms with Crippen molar-refractivity contribution in [3.05, 3.63) is 78.4 Å². The van der Waals surface area contributed by atoms with Crippen LogP contribution in [0.15, 0.2) is 72.8 Å². The molecule has 1 aliphatic rings. The molecule has 1 aliphatic heterocycles. The highest BCUT2D eigenvalue weighted by Gasteiger charge is 2.20. The van der Waals surface area contributed by atoms with Crippen LogP contribution in [0.2, 0.25) is 0 Å². The van der Waals surface area contributed by atoms with Crippen LogP contribution in [0.5, 0.6) is 17.2 Å². The summed E-state index contributed by atoms with van der Waals surface area (Å²) in [6.45, 7) is 9.34. The van der Waals surface area contributed by atoms with Crippen LogP contribution in [0.1, 0.15) is 56.8 Å². The van der Waals surface area contributed by atoms with E-state index in [0.29, 0.717) is 28.4 Å². The molecule has 8 heteroatoms. The molecule has 0 atom stereocenters. The van der Waals surface area contributed by atoms with Crippen molar-refractivity contribution in [2.45, 2.75) is 58.6 Å². The minimum Gasteiger partial charge on any atom is -0.490 e. The largest absolute Gasteiger partial charge is 0.490 e. The summed E-state index contributed by atoms with van der Waals surface area (Å²) in [7, 11) is 0. The van der Waals surface area contributed by atoms with E-state index < -0.39 is 0 Å². The Balaban J connectivity index is 1.27. The number of urea groups is 1. The molecule has 8 nitrogen and oxygen atoms in total. The van der Waals surface area contributed by atoms with Gasteiger partial charge in [0.15, 0.2) is 5.75 Å². The second-order valence-corrected chi connectivity index (χ2v) is 10.4. The van der Waals surface area contributed by atoms with Crippen LogP contribution in [0, 0.1) is 0 Å². The van der Waals surface area contributed by atoms with Crippen LogP contribution in [0.3, 0.4) is 0 Å². The summed E-state index contributed by atoms with van der Waals surface area (Å²) in [5, 5.41) is 8.53. The lowest BCUT2D eigenvalue weighted by Gasteiger charge is -2.32. The van der Waals surface area contributed by atoms with Crippen molar-refractivity contribution in [2.75, 3.05) is 30.3 Å². The highest BCUT2D eigenvalue weighted by Crippen LogP contribution is 2.30. The number of ether oxygens (including phenoxy) is 2. The maximum absolute atomic E-state index is 12.8. The second-order valence-electron chi connectivity index (χ2n) is 10.4. The van der Waals surface area contributed by atoms with E-state index in [1.807, 2.05) is 38.1 Å². The van der Waals surface area contributed by atoms with Gasteiger partial charge >= 0.3 is 6.03 Å². The first-order valence-electron chi connectivity index (χ1n) is 14.1. The maximum atomic E-state index is 12.8. The number of nitrogens with zero attached hydrogens (tertiary/aromatic N) is 1. The Morgan fingerprint density at radius 2 is 1.57 bits per heavy atom. The number of benzene rings is 3. The predicted octanol–water partition coefficient (Wildman–Crippen LogP) is 6.90. The van der Waals surface area contributed by atoms with Gasteiger partial charge in [0, 0.05) is 30.4 Å². The molecule has 0 aromatic heterocycles. The molecule has 0 radical (unpaired) electrons.